The van der Waals surface area contributed by atoms with E-state index in [1.807, 2.05) is 58.0 Å². The molecular weight excluding hydrogens is 428 g/mol. The number of anilines is 3. The van der Waals surface area contributed by atoms with Gasteiger partial charge in [-0.05, 0) is 37.8 Å². The Morgan fingerprint density at radius 3 is 2.35 bits per heavy atom. The van der Waals surface area contributed by atoms with Crippen LogP contribution in [-0.2, 0) is 16.3 Å². The van der Waals surface area contributed by atoms with Gasteiger partial charge >= 0.3 is 0 Å². The minimum absolute atomic E-state index is 0.0261. The summed E-state index contributed by atoms with van der Waals surface area (Å²) in [4.78, 5) is 13.5. The number of sulfone groups is 1. The van der Waals surface area contributed by atoms with E-state index in [0.29, 0.717) is 17.0 Å². The van der Waals surface area contributed by atoms with Gasteiger partial charge in [0.1, 0.15) is 14.8 Å². The molecule has 0 fully saturated rings. The first-order valence-electron chi connectivity index (χ1n) is 10.3. The molecule has 0 radical (unpaired) electrons. The van der Waals surface area contributed by atoms with E-state index in [0.717, 1.165) is 40.1 Å². The summed E-state index contributed by atoms with van der Waals surface area (Å²) < 4.78 is 26.2. The summed E-state index contributed by atoms with van der Waals surface area (Å²) in [6, 6.07) is 13.1. The summed E-state index contributed by atoms with van der Waals surface area (Å²) in [5.41, 5.74) is 10.8. The summed E-state index contributed by atoms with van der Waals surface area (Å²) in [7, 11) is -3.66. The molecule has 7 heteroatoms. The lowest BCUT2D eigenvalue weighted by atomic mass is 10.1. The average Bonchev–Trinajstić information content (AvgIpc) is 3.06. The van der Waals surface area contributed by atoms with Gasteiger partial charge in [-0.15, -0.1) is 11.3 Å². The largest absolute Gasteiger partial charge is 0.396 e. The Morgan fingerprint density at radius 1 is 1.06 bits per heavy atom. The Balaban J connectivity index is 2.17. The van der Waals surface area contributed by atoms with Crippen LogP contribution in [0.4, 0.5) is 16.4 Å². The maximum Gasteiger partial charge on any atom is 0.205 e. The second-order valence-electron chi connectivity index (χ2n) is 7.60. The molecule has 2 aromatic carbocycles. The summed E-state index contributed by atoms with van der Waals surface area (Å²) in [5, 5.41) is 3.70. The maximum atomic E-state index is 13.2. The zero-order valence-electron chi connectivity index (χ0n) is 18.3. The molecule has 0 aliphatic heterocycles. The van der Waals surface area contributed by atoms with Crippen molar-refractivity contribution in [1.82, 2.24) is 0 Å². The number of para-hydroxylation sites is 1. The summed E-state index contributed by atoms with van der Waals surface area (Å²) in [5.74, 6) is -0.307. The molecule has 0 unspecified atom stereocenters. The summed E-state index contributed by atoms with van der Waals surface area (Å²) in [6.45, 7) is 7.77. The lowest BCUT2D eigenvalue weighted by Crippen LogP contribution is -2.11. The van der Waals surface area contributed by atoms with E-state index in [1.165, 1.54) is 0 Å². The standard InChI is InChI=1S/C24H28N2O3S2/c1-5-14-31(28,29)23-19(25)22(21(27)18-12-10-15(3)11-13-18)30-24(23)26-20-16(4)8-7-9-17(20)6-2/h7-13,26H,5-6,14,25H2,1-4H3. The smallest absolute Gasteiger partial charge is 0.205 e. The van der Waals surface area contributed by atoms with Crippen molar-refractivity contribution in [3.63, 3.8) is 0 Å². The Morgan fingerprint density at radius 2 is 1.74 bits per heavy atom. The van der Waals surface area contributed by atoms with Crippen LogP contribution in [0.25, 0.3) is 0 Å². The molecule has 0 saturated heterocycles. The third-order valence-electron chi connectivity index (χ3n) is 5.18. The monoisotopic (exact) mass is 456 g/mol. The molecule has 0 atom stereocenters. The van der Waals surface area contributed by atoms with Gasteiger partial charge in [-0.2, -0.15) is 0 Å². The molecule has 0 bridgehead atoms. The Bertz CT molecular complexity index is 1210. The number of hydrogen-bond donors (Lipinski definition) is 2. The molecule has 3 aromatic rings. The van der Waals surface area contributed by atoms with Crippen LogP contribution in [0.3, 0.4) is 0 Å². The van der Waals surface area contributed by atoms with Crippen LogP contribution >= 0.6 is 11.3 Å². The van der Waals surface area contributed by atoms with E-state index in [2.05, 4.69) is 5.32 Å². The van der Waals surface area contributed by atoms with Crippen LogP contribution in [0.15, 0.2) is 47.4 Å². The maximum absolute atomic E-state index is 13.2. The zero-order valence-corrected chi connectivity index (χ0v) is 19.9. The molecule has 5 nitrogen and oxygen atoms in total. The van der Waals surface area contributed by atoms with Gasteiger partial charge in [0, 0.05) is 11.3 Å². The van der Waals surface area contributed by atoms with Gasteiger partial charge in [-0.3, -0.25) is 4.79 Å². The molecule has 0 aliphatic carbocycles. The number of ketones is 1. The number of nitrogens with one attached hydrogen (secondary N) is 1. The number of rotatable bonds is 8. The van der Waals surface area contributed by atoms with E-state index in [1.54, 1.807) is 12.1 Å². The molecule has 1 heterocycles. The van der Waals surface area contributed by atoms with Gasteiger partial charge in [0.25, 0.3) is 0 Å². The van der Waals surface area contributed by atoms with Crippen molar-refractivity contribution in [1.29, 1.82) is 0 Å². The van der Waals surface area contributed by atoms with Crippen LogP contribution in [0.1, 0.15) is 52.2 Å². The number of hydrogen-bond acceptors (Lipinski definition) is 6. The highest BCUT2D eigenvalue weighted by Crippen LogP contribution is 2.43. The lowest BCUT2D eigenvalue weighted by molar-refractivity contribution is 0.104. The van der Waals surface area contributed by atoms with E-state index < -0.39 is 9.84 Å². The topological polar surface area (TPSA) is 89.3 Å². The first-order valence-corrected chi connectivity index (χ1v) is 12.8. The Hall–Kier alpha value is -2.64. The van der Waals surface area contributed by atoms with Gasteiger partial charge in [0.15, 0.2) is 9.84 Å². The molecular formula is C24H28N2O3S2. The van der Waals surface area contributed by atoms with Crippen molar-refractivity contribution < 1.29 is 13.2 Å². The molecule has 0 spiro atoms. The highest BCUT2D eigenvalue weighted by molar-refractivity contribution is 7.92. The van der Waals surface area contributed by atoms with Crippen LogP contribution in [-0.4, -0.2) is 20.0 Å². The van der Waals surface area contributed by atoms with Crippen molar-refractivity contribution >= 4 is 43.3 Å². The van der Waals surface area contributed by atoms with Crippen LogP contribution < -0.4 is 11.1 Å². The van der Waals surface area contributed by atoms with Crippen molar-refractivity contribution in [2.45, 2.75) is 45.4 Å². The fourth-order valence-electron chi connectivity index (χ4n) is 3.51. The average molecular weight is 457 g/mol. The Labute approximate surface area is 188 Å². The lowest BCUT2D eigenvalue weighted by Gasteiger charge is -2.14. The van der Waals surface area contributed by atoms with Gasteiger partial charge in [-0.1, -0.05) is 61.9 Å². The predicted molar refractivity (Wildman–Crippen MR) is 130 cm³/mol. The first-order chi connectivity index (χ1) is 14.7. The third-order valence-corrected chi connectivity index (χ3v) is 8.42. The fraction of sp³-hybridized carbons (Fsp3) is 0.292. The minimum Gasteiger partial charge on any atom is -0.396 e. The van der Waals surface area contributed by atoms with Crippen molar-refractivity contribution in [2.24, 2.45) is 0 Å². The van der Waals surface area contributed by atoms with Gasteiger partial charge in [0.2, 0.25) is 5.78 Å². The third kappa shape index (κ3) is 4.67. The highest BCUT2D eigenvalue weighted by atomic mass is 32.2. The fourth-order valence-corrected chi connectivity index (χ4v) is 6.58. The van der Waals surface area contributed by atoms with E-state index in [9.17, 15) is 13.2 Å². The number of aryl methyl sites for hydroxylation is 3. The second kappa shape index (κ2) is 9.24. The second-order valence-corrected chi connectivity index (χ2v) is 10.7. The zero-order chi connectivity index (χ0) is 22.8. The molecule has 164 valence electrons. The Kier molecular flexibility index (Phi) is 6.86. The van der Waals surface area contributed by atoms with Crippen LogP contribution in [0, 0.1) is 13.8 Å². The minimum atomic E-state index is -3.66. The van der Waals surface area contributed by atoms with Crippen molar-refractivity contribution in [2.75, 3.05) is 16.8 Å². The SMILES string of the molecule is CCCS(=O)(=O)c1c(Nc2c(C)cccc2CC)sc(C(=O)c2ccc(C)cc2)c1N. The van der Waals surface area contributed by atoms with E-state index >= 15 is 0 Å². The first kappa shape index (κ1) is 23.0. The molecule has 31 heavy (non-hydrogen) atoms. The number of nitrogens with two attached hydrogens (primary N) is 1. The van der Waals surface area contributed by atoms with Gasteiger partial charge in [0.05, 0.1) is 11.4 Å². The molecule has 0 saturated carbocycles. The van der Waals surface area contributed by atoms with E-state index in [4.69, 9.17) is 5.73 Å². The van der Waals surface area contributed by atoms with E-state index in [-0.39, 0.29) is 27.0 Å². The van der Waals surface area contributed by atoms with Gasteiger partial charge in [-0.25, -0.2) is 8.42 Å². The molecule has 0 aliphatic rings. The van der Waals surface area contributed by atoms with Crippen LogP contribution in [0.5, 0.6) is 0 Å². The molecule has 3 rings (SSSR count). The summed E-state index contributed by atoms with van der Waals surface area (Å²) >= 11 is 1.10. The summed E-state index contributed by atoms with van der Waals surface area (Å²) in [6.07, 6.45) is 1.25. The molecule has 0 amide bonds. The number of nitrogen functional groups attached to an aromatic ring is 1. The van der Waals surface area contributed by atoms with Crippen molar-refractivity contribution in [3.8, 4) is 0 Å². The normalized spacial score (nSPS) is 11.5. The number of carbonyl (C=O) groups excluding carboxylic acids is 1. The number of benzene rings is 2. The van der Waals surface area contributed by atoms with Crippen molar-refractivity contribution in [3.05, 3.63) is 69.6 Å². The molecule has 1 aromatic heterocycles. The van der Waals surface area contributed by atoms with Gasteiger partial charge < -0.3 is 11.1 Å². The number of thiophene rings is 1. The quantitative estimate of drug-likeness (QED) is 0.426. The number of carbonyl (C=O) groups is 1. The molecule has 3 N–H and O–H groups in total. The predicted octanol–water partition coefficient (Wildman–Crippen LogP) is 5.67. The van der Waals surface area contributed by atoms with Crippen LogP contribution in [0.2, 0.25) is 0 Å². The highest BCUT2D eigenvalue weighted by Gasteiger charge is 2.30.